The van der Waals surface area contributed by atoms with Crippen LogP contribution in [0.1, 0.15) is 37.6 Å². The molecule has 0 aliphatic heterocycles. The van der Waals surface area contributed by atoms with Gasteiger partial charge in [-0.25, -0.2) is 4.39 Å². The Hall–Kier alpha value is -1.35. The summed E-state index contributed by atoms with van der Waals surface area (Å²) < 4.78 is 19.2. The first kappa shape index (κ1) is 12.1. The molecule has 0 radical (unpaired) electrons. The van der Waals surface area contributed by atoms with E-state index in [0.29, 0.717) is 5.58 Å². The molecule has 2 aromatic rings. The Labute approximate surface area is 101 Å². The maximum Gasteiger partial charge on any atom is 0.170 e. The lowest BCUT2D eigenvalue weighted by Gasteiger charge is -2.09. The molecule has 0 amide bonds. The molecule has 0 saturated carbocycles. The molecule has 1 aromatic carbocycles. The van der Waals surface area contributed by atoms with Crippen LogP contribution in [0.5, 0.6) is 0 Å². The summed E-state index contributed by atoms with van der Waals surface area (Å²) in [7, 11) is 0. The third-order valence-corrected chi connectivity index (χ3v) is 3.00. The highest BCUT2D eigenvalue weighted by atomic mass is 19.1. The number of nitrogens with one attached hydrogen (secondary N) is 1. The molecule has 2 rings (SSSR count). The van der Waals surface area contributed by atoms with Gasteiger partial charge in [0, 0.05) is 5.39 Å². The number of benzene rings is 1. The number of furan rings is 1. The standard InChI is InChI=1S/C14H18FNO/c1-4-7-16-10(3)13-8-11-9(2)5-6-12(15)14(11)17-13/h5-6,8,10,16H,4,7H2,1-3H3. The molecule has 3 heteroatoms. The molecule has 0 fully saturated rings. The summed E-state index contributed by atoms with van der Waals surface area (Å²) in [6, 6.07) is 5.28. The van der Waals surface area contributed by atoms with Gasteiger partial charge in [0.2, 0.25) is 0 Å². The summed E-state index contributed by atoms with van der Waals surface area (Å²) in [5.41, 5.74) is 1.41. The van der Waals surface area contributed by atoms with E-state index in [4.69, 9.17) is 4.42 Å². The first-order valence-electron chi connectivity index (χ1n) is 6.05. The van der Waals surface area contributed by atoms with E-state index in [9.17, 15) is 4.39 Å². The third kappa shape index (κ3) is 2.34. The molecular weight excluding hydrogens is 217 g/mol. The van der Waals surface area contributed by atoms with E-state index in [1.54, 1.807) is 6.07 Å². The van der Waals surface area contributed by atoms with E-state index in [-0.39, 0.29) is 11.9 Å². The van der Waals surface area contributed by atoms with Crippen LogP contribution in [0.3, 0.4) is 0 Å². The number of hydrogen-bond donors (Lipinski definition) is 1. The molecule has 1 aromatic heterocycles. The topological polar surface area (TPSA) is 25.2 Å². The van der Waals surface area contributed by atoms with Crippen LogP contribution < -0.4 is 5.32 Å². The Morgan fingerprint density at radius 3 is 2.82 bits per heavy atom. The molecule has 2 nitrogen and oxygen atoms in total. The fourth-order valence-electron chi connectivity index (χ4n) is 1.92. The summed E-state index contributed by atoms with van der Waals surface area (Å²) in [6.45, 7) is 7.04. The Bertz CT molecular complexity index is 479. The van der Waals surface area contributed by atoms with E-state index in [0.717, 1.165) is 29.7 Å². The number of halogens is 1. The van der Waals surface area contributed by atoms with Crippen molar-refractivity contribution in [1.29, 1.82) is 0 Å². The fraction of sp³-hybridized carbons (Fsp3) is 0.429. The minimum Gasteiger partial charge on any atom is -0.456 e. The molecule has 0 saturated heterocycles. The Morgan fingerprint density at radius 2 is 2.18 bits per heavy atom. The maximum absolute atomic E-state index is 13.6. The molecule has 1 atom stereocenters. The zero-order chi connectivity index (χ0) is 12.4. The number of fused-ring (bicyclic) bond motifs is 1. The Morgan fingerprint density at radius 1 is 1.41 bits per heavy atom. The summed E-state index contributed by atoms with van der Waals surface area (Å²) in [4.78, 5) is 0. The minimum absolute atomic E-state index is 0.112. The number of hydrogen-bond acceptors (Lipinski definition) is 2. The van der Waals surface area contributed by atoms with Crippen LogP contribution in [0.4, 0.5) is 4.39 Å². The SMILES string of the molecule is CCCNC(C)c1cc2c(C)ccc(F)c2o1. The molecule has 1 N–H and O–H groups in total. The normalized spacial score (nSPS) is 13.2. The van der Waals surface area contributed by atoms with Crippen LogP contribution >= 0.6 is 0 Å². The lowest BCUT2D eigenvalue weighted by Crippen LogP contribution is -2.18. The molecule has 1 heterocycles. The maximum atomic E-state index is 13.6. The van der Waals surface area contributed by atoms with Gasteiger partial charge in [-0.05, 0) is 44.5 Å². The number of rotatable bonds is 4. The monoisotopic (exact) mass is 235 g/mol. The van der Waals surface area contributed by atoms with Gasteiger partial charge in [0.15, 0.2) is 11.4 Å². The van der Waals surface area contributed by atoms with Crippen molar-refractivity contribution in [2.75, 3.05) is 6.54 Å². The van der Waals surface area contributed by atoms with Crippen LogP contribution in [-0.2, 0) is 0 Å². The highest BCUT2D eigenvalue weighted by Gasteiger charge is 2.14. The van der Waals surface area contributed by atoms with Crippen LogP contribution in [0.2, 0.25) is 0 Å². The van der Waals surface area contributed by atoms with Gasteiger partial charge in [-0.15, -0.1) is 0 Å². The molecule has 92 valence electrons. The van der Waals surface area contributed by atoms with E-state index in [1.807, 2.05) is 19.9 Å². The van der Waals surface area contributed by atoms with Gasteiger partial charge >= 0.3 is 0 Å². The van der Waals surface area contributed by atoms with Crippen molar-refractivity contribution in [3.05, 3.63) is 35.3 Å². The second-order valence-electron chi connectivity index (χ2n) is 4.43. The summed E-state index contributed by atoms with van der Waals surface area (Å²) in [5, 5.41) is 4.20. The van der Waals surface area contributed by atoms with Crippen molar-refractivity contribution in [1.82, 2.24) is 5.32 Å². The lowest BCUT2D eigenvalue weighted by molar-refractivity contribution is 0.443. The molecule has 0 bridgehead atoms. The molecule has 1 unspecified atom stereocenters. The summed E-state index contributed by atoms with van der Waals surface area (Å²) >= 11 is 0. The largest absolute Gasteiger partial charge is 0.456 e. The van der Waals surface area contributed by atoms with E-state index in [2.05, 4.69) is 12.2 Å². The van der Waals surface area contributed by atoms with Crippen molar-refractivity contribution in [3.8, 4) is 0 Å². The second kappa shape index (κ2) is 4.88. The first-order chi connectivity index (χ1) is 8.13. The van der Waals surface area contributed by atoms with E-state index in [1.165, 1.54) is 6.07 Å². The van der Waals surface area contributed by atoms with Crippen molar-refractivity contribution in [3.63, 3.8) is 0 Å². The van der Waals surface area contributed by atoms with Crippen LogP contribution in [0, 0.1) is 12.7 Å². The van der Waals surface area contributed by atoms with Crippen LogP contribution in [0.15, 0.2) is 22.6 Å². The third-order valence-electron chi connectivity index (χ3n) is 3.00. The van der Waals surface area contributed by atoms with Crippen LogP contribution in [0.25, 0.3) is 11.0 Å². The zero-order valence-corrected chi connectivity index (χ0v) is 10.5. The van der Waals surface area contributed by atoms with Gasteiger partial charge in [0.1, 0.15) is 5.76 Å². The Kier molecular flexibility index (Phi) is 3.48. The van der Waals surface area contributed by atoms with Crippen molar-refractivity contribution >= 4 is 11.0 Å². The Balaban J connectivity index is 2.37. The fourth-order valence-corrected chi connectivity index (χ4v) is 1.92. The van der Waals surface area contributed by atoms with Crippen molar-refractivity contribution in [2.45, 2.75) is 33.2 Å². The van der Waals surface area contributed by atoms with Crippen molar-refractivity contribution in [2.24, 2.45) is 0 Å². The second-order valence-corrected chi connectivity index (χ2v) is 4.43. The minimum atomic E-state index is -0.292. The van der Waals surface area contributed by atoms with E-state index < -0.39 is 0 Å². The van der Waals surface area contributed by atoms with E-state index >= 15 is 0 Å². The average Bonchev–Trinajstić information content (AvgIpc) is 2.77. The van der Waals surface area contributed by atoms with Gasteiger partial charge in [-0.3, -0.25) is 0 Å². The number of aryl methyl sites for hydroxylation is 1. The lowest BCUT2D eigenvalue weighted by atomic mass is 10.1. The smallest absolute Gasteiger partial charge is 0.170 e. The molecular formula is C14H18FNO. The summed E-state index contributed by atoms with van der Waals surface area (Å²) in [5.74, 6) is 0.501. The van der Waals surface area contributed by atoms with Gasteiger partial charge in [0.05, 0.1) is 6.04 Å². The predicted molar refractivity (Wildman–Crippen MR) is 67.6 cm³/mol. The highest BCUT2D eigenvalue weighted by molar-refractivity contribution is 5.82. The molecule has 0 aliphatic carbocycles. The molecule has 0 aliphatic rings. The van der Waals surface area contributed by atoms with Crippen molar-refractivity contribution < 1.29 is 8.81 Å². The summed E-state index contributed by atoms with van der Waals surface area (Å²) in [6.07, 6.45) is 1.07. The quantitative estimate of drug-likeness (QED) is 0.868. The van der Waals surface area contributed by atoms with Gasteiger partial charge in [0.25, 0.3) is 0 Å². The van der Waals surface area contributed by atoms with Crippen LogP contribution in [-0.4, -0.2) is 6.54 Å². The zero-order valence-electron chi connectivity index (χ0n) is 10.5. The van der Waals surface area contributed by atoms with Gasteiger partial charge in [-0.1, -0.05) is 13.0 Å². The first-order valence-corrected chi connectivity index (χ1v) is 6.05. The highest BCUT2D eigenvalue weighted by Crippen LogP contribution is 2.28. The van der Waals surface area contributed by atoms with Gasteiger partial charge < -0.3 is 9.73 Å². The predicted octanol–water partition coefficient (Wildman–Crippen LogP) is 3.94. The average molecular weight is 235 g/mol. The van der Waals surface area contributed by atoms with Gasteiger partial charge in [-0.2, -0.15) is 0 Å². The molecule has 17 heavy (non-hydrogen) atoms. The molecule has 0 spiro atoms.